The summed E-state index contributed by atoms with van der Waals surface area (Å²) < 4.78 is 2.04. The summed E-state index contributed by atoms with van der Waals surface area (Å²) in [5, 5.41) is 0.379. The molecule has 0 N–H and O–H groups in total. The van der Waals surface area contributed by atoms with Crippen LogP contribution in [0.15, 0.2) is 29.1 Å². The highest BCUT2D eigenvalue weighted by Gasteiger charge is 2.19. The summed E-state index contributed by atoms with van der Waals surface area (Å²) in [4.78, 5) is 35.3. The van der Waals surface area contributed by atoms with Gasteiger partial charge in [-0.2, -0.15) is 4.68 Å². The Bertz CT molecular complexity index is 664. The molecular weight excluding hydrogens is 220 g/mol. The average Bonchev–Trinajstić information content (AvgIpc) is 2.62. The lowest BCUT2D eigenvalue weighted by Gasteiger charge is -2.06. The molecule has 0 unspecified atom stereocenters. The van der Waals surface area contributed by atoms with Gasteiger partial charge in [-0.25, -0.2) is 4.68 Å². The molecule has 0 atom stereocenters. The van der Waals surface area contributed by atoms with E-state index in [0.29, 0.717) is 10.9 Å². The zero-order valence-electron chi connectivity index (χ0n) is 9.64. The van der Waals surface area contributed by atoms with Gasteiger partial charge in [-0.15, -0.1) is 0 Å². The Kier molecular flexibility index (Phi) is 2.67. The number of hydrogen-bond donors (Lipinski definition) is 0. The number of nitrogens with zero attached hydrogens (tertiary/aromatic N) is 2. The molecule has 1 heterocycles. The van der Waals surface area contributed by atoms with E-state index in [1.807, 2.05) is 0 Å². The predicted octanol–water partition coefficient (Wildman–Crippen LogP) is 1.51. The second kappa shape index (κ2) is 4.01. The maximum absolute atomic E-state index is 12.0. The van der Waals surface area contributed by atoms with Crippen LogP contribution in [-0.4, -0.2) is 21.2 Å². The molecule has 88 valence electrons. The molecule has 0 aliphatic heterocycles. The van der Waals surface area contributed by atoms with Gasteiger partial charge in [0.1, 0.15) is 0 Å². The van der Waals surface area contributed by atoms with Crippen molar-refractivity contribution in [1.82, 2.24) is 9.36 Å². The largest absolute Gasteiger partial charge is 0.282 e. The fourth-order valence-corrected chi connectivity index (χ4v) is 1.83. The van der Waals surface area contributed by atoms with Crippen molar-refractivity contribution in [2.24, 2.45) is 0 Å². The highest BCUT2D eigenvalue weighted by atomic mass is 16.2. The van der Waals surface area contributed by atoms with Gasteiger partial charge in [-0.05, 0) is 12.1 Å². The number of aromatic nitrogens is 2. The SMILES string of the molecule is CCC(=O)n1c2ccccc2c(=O)n1C(C)=O. The molecule has 17 heavy (non-hydrogen) atoms. The van der Waals surface area contributed by atoms with Crippen LogP contribution in [0.3, 0.4) is 0 Å². The van der Waals surface area contributed by atoms with Gasteiger partial charge < -0.3 is 0 Å². The minimum Gasteiger partial charge on any atom is -0.273 e. The van der Waals surface area contributed by atoms with Gasteiger partial charge in [0, 0.05) is 13.3 Å². The van der Waals surface area contributed by atoms with Crippen LogP contribution in [0.5, 0.6) is 0 Å². The Morgan fingerprint density at radius 2 is 1.82 bits per heavy atom. The molecule has 2 rings (SSSR count). The average molecular weight is 232 g/mol. The third-order valence-electron chi connectivity index (χ3n) is 2.59. The van der Waals surface area contributed by atoms with Crippen molar-refractivity contribution < 1.29 is 9.59 Å². The van der Waals surface area contributed by atoms with Crippen molar-refractivity contribution in [2.45, 2.75) is 20.3 Å². The summed E-state index contributed by atoms with van der Waals surface area (Å²) >= 11 is 0. The summed E-state index contributed by atoms with van der Waals surface area (Å²) in [7, 11) is 0. The quantitative estimate of drug-likeness (QED) is 0.748. The zero-order chi connectivity index (χ0) is 12.6. The Balaban J connectivity index is 2.96. The van der Waals surface area contributed by atoms with Crippen LogP contribution in [0.4, 0.5) is 0 Å². The molecule has 0 bridgehead atoms. The number of rotatable bonds is 1. The first kappa shape index (κ1) is 11.3. The fourth-order valence-electron chi connectivity index (χ4n) is 1.83. The smallest absolute Gasteiger partial charge is 0.273 e. The monoisotopic (exact) mass is 232 g/mol. The molecule has 5 nitrogen and oxygen atoms in total. The van der Waals surface area contributed by atoms with E-state index in [1.54, 1.807) is 31.2 Å². The van der Waals surface area contributed by atoms with Gasteiger partial charge in [-0.1, -0.05) is 19.1 Å². The summed E-state index contributed by atoms with van der Waals surface area (Å²) in [5.74, 6) is -0.744. The third-order valence-corrected chi connectivity index (χ3v) is 2.59. The first-order valence-electron chi connectivity index (χ1n) is 5.34. The van der Waals surface area contributed by atoms with E-state index in [1.165, 1.54) is 6.92 Å². The Hall–Kier alpha value is -2.17. The molecule has 1 aromatic heterocycles. The first-order valence-corrected chi connectivity index (χ1v) is 5.34. The van der Waals surface area contributed by atoms with Crippen molar-refractivity contribution in [3.05, 3.63) is 34.6 Å². The van der Waals surface area contributed by atoms with E-state index in [0.717, 1.165) is 9.36 Å². The maximum atomic E-state index is 12.0. The van der Waals surface area contributed by atoms with E-state index >= 15 is 0 Å². The molecule has 0 saturated carbocycles. The van der Waals surface area contributed by atoms with Gasteiger partial charge in [0.15, 0.2) is 0 Å². The molecule has 0 aliphatic carbocycles. The molecule has 0 radical (unpaired) electrons. The lowest BCUT2D eigenvalue weighted by molar-refractivity contribution is 0.0807. The highest BCUT2D eigenvalue weighted by molar-refractivity contribution is 5.94. The normalized spacial score (nSPS) is 10.7. The molecule has 0 aliphatic rings. The predicted molar refractivity (Wildman–Crippen MR) is 63.4 cm³/mol. The number of benzene rings is 1. The van der Waals surface area contributed by atoms with E-state index in [9.17, 15) is 14.4 Å². The van der Waals surface area contributed by atoms with Crippen LogP contribution in [0, 0.1) is 0 Å². The fraction of sp³-hybridized carbons (Fsp3) is 0.250. The molecule has 0 spiro atoms. The number of carbonyl (C=O) groups is 2. The van der Waals surface area contributed by atoms with E-state index < -0.39 is 11.5 Å². The number of hydrogen-bond acceptors (Lipinski definition) is 3. The second-order valence-corrected chi connectivity index (χ2v) is 3.71. The standard InChI is InChI=1S/C12H12N2O3/c1-3-11(16)14-10-7-5-4-6-9(10)12(17)13(14)8(2)15/h4-7H,3H2,1-2H3. The van der Waals surface area contributed by atoms with Gasteiger partial charge in [0.2, 0.25) is 11.8 Å². The van der Waals surface area contributed by atoms with Crippen LogP contribution in [0.25, 0.3) is 10.9 Å². The summed E-state index contributed by atoms with van der Waals surface area (Å²) in [6.07, 6.45) is 0.228. The van der Waals surface area contributed by atoms with E-state index in [2.05, 4.69) is 0 Å². The number of para-hydroxylation sites is 1. The van der Waals surface area contributed by atoms with E-state index in [-0.39, 0.29) is 12.3 Å². The molecule has 0 fully saturated rings. The van der Waals surface area contributed by atoms with Gasteiger partial charge in [-0.3, -0.25) is 14.4 Å². The number of carbonyl (C=O) groups excluding carboxylic acids is 2. The van der Waals surface area contributed by atoms with Crippen molar-refractivity contribution >= 4 is 22.7 Å². The molecule has 2 aromatic rings. The van der Waals surface area contributed by atoms with Gasteiger partial charge >= 0.3 is 0 Å². The Labute approximate surface area is 97.2 Å². The molecule has 1 aromatic carbocycles. The molecule has 5 heteroatoms. The first-order chi connectivity index (χ1) is 8.07. The van der Waals surface area contributed by atoms with Crippen LogP contribution in [0.1, 0.15) is 29.9 Å². The number of fused-ring (bicyclic) bond motifs is 1. The van der Waals surface area contributed by atoms with E-state index in [4.69, 9.17) is 0 Å². The summed E-state index contributed by atoms with van der Waals surface area (Å²) in [5.41, 5.74) is 0.0226. The molecule has 0 saturated heterocycles. The topological polar surface area (TPSA) is 61.1 Å². The zero-order valence-corrected chi connectivity index (χ0v) is 9.64. The summed E-state index contributed by atoms with van der Waals surface area (Å²) in [6.45, 7) is 2.95. The second-order valence-electron chi connectivity index (χ2n) is 3.71. The van der Waals surface area contributed by atoms with Gasteiger partial charge in [0.05, 0.1) is 10.9 Å². The Morgan fingerprint density at radius 1 is 1.18 bits per heavy atom. The summed E-state index contributed by atoms with van der Waals surface area (Å²) in [6, 6.07) is 6.70. The van der Waals surface area contributed by atoms with Crippen LogP contribution >= 0.6 is 0 Å². The highest BCUT2D eigenvalue weighted by Crippen LogP contribution is 2.11. The third kappa shape index (κ3) is 1.60. The van der Waals surface area contributed by atoms with Crippen molar-refractivity contribution in [3.8, 4) is 0 Å². The van der Waals surface area contributed by atoms with Crippen LogP contribution in [0.2, 0.25) is 0 Å². The lowest BCUT2D eigenvalue weighted by Crippen LogP contribution is -2.31. The molecule has 0 amide bonds. The lowest BCUT2D eigenvalue weighted by atomic mass is 10.2. The maximum Gasteiger partial charge on any atom is 0.282 e. The van der Waals surface area contributed by atoms with Crippen LogP contribution in [-0.2, 0) is 0 Å². The molecular formula is C12H12N2O3. The van der Waals surface area contributed by atoms with Gasteiger partial charge in [0.25, 0.3) is 5.56 Å². The Morgan fingerprint density at radius 3 is 2.41 bits per heavy atom. The van der Waals surface area contributed by atoms with Crippen molar-refractivity contribution in [1.29, 1.82) is 0 Å². The minimum absolute atomic E-state index is 0.228. The van der Waals surface area contributed by atoms with Crippen LogP contribution < -0.4 is 5.56 Å². The van der Waals surface area contributed by atoms with Crippen molar-refractivity contribution in [2.75, 3.05) is 0 Å². The minimum atomic E-state index is -0.465. The van der Waals surface area contributed by atoms with Crippen molar-refractivity contribution in [3.63, 3.8) is 0 Å².